The molecule has 0 radical (unpaired) electrons. The molecule has 3 heterocycles. The van der Waals surface area contributed by atoms with Gasteiger partial charge >= 0.3 is 0 Å². The SMILES string of the molecule is CCc1cc(CNC(=O)C2CN(c3cncc(Cc4ccccc4C)n3)C2)on1. The van der Waals surface area contributed by atoms with Crippen LogP contribution in [0.5, 0.6) is 0 Å². The van der Waals surface area contributed by atoms with Gasteiger partial charge in [0, 0.05) is 31.8 Å². The van der Waals surface area contributed by atoms with Gasteiger partial charge in [-0.15, -0.1) is 0 Å². The second kappa shape index (κ2) is 8.43. The van der Waals surface area contributed by atoms with E-state index in [2.05, 4.69) is 39.4 Å². The number of aromatic nitrogens is 3. The molecular formula is C22H25N5O2. The Hall–Kier alpha value is -3.22. The minimum atomic E-state index is -0.0506. The number of benzene rings is 1. The molecule has 0 spiro atoms. The number of amides is 1. The van der Waals surface area contributed by atoms with Crippen molar-refractivity contribution in [3.05, 3.63) is 71.0 Å². The molecule has 3 aromatic rings. The molecule has 0 saturated carbocycles. The molecule has 150 valence electrons. The lowest BCUT2D eigenvalue weighted by Crippen LogP contribution is -2.54. The van der Waals surface area contributed by atoms with Crippen LogP contribution in [0.25, 0.3) is 0 Å². The Morgan fingerprint density at radius 3 is 2.83 bits per heavy atom. The molecule has 29 heavy (non-hydrogen) atoms. The number of hydrogen-bond acceptors (Lipinski definition) is 6. The van der Waals surface area contributed by atoms with Crippen LogP contribution in [0, 0.1) is 12.8 Å². The standard InChI is InChI=1S/C22H25N5O2/c1-3-18-9-20(29-26-18)11-24-22(28)17-13-27(14-17)21-12-23-10-19(25-21)8-16-7-5-4-6-15(16)2/h4-7,9-10,12,17H,3,8,11,13-14H2,1-2H3,(H,24,28). The van der Waals surface area contributed by atoms with Crippen molar-refractivity contribution in [1.82, 2.24) is 20.4 Å². The zero-order valence-corrected chi connectivity index (χ0v) is 16.8. The summed E-state index contributed by atoms with van der Waals surface area (Å²) in [4.78, 5) is 23.5. The molecule has 0 aliphatic carbocycles. The van der Waals surface area contributed by atoms with Crippen LogP contribution in [0.1, 0.15) is 35.2 Å². The lowest BCUT2D eigenvalue weighted by Gasteiger charge is -2.38. The Bertz CT molecular complexity index is 994. The minimum absolute atomic E-state index is 0.0275. The lowest BCUT2D eigenvalue weighted by molar-refractivity contribution is -0.126. The van der Waals surface area contributed by atoms with Gasteiger partial charge in [-0.3, -0.25) is 9.78 Å². The van der Waals surface area contributed by atoms with Gasteiger partial charge in [0.05, 0.1) is 30.0 Å². The van der Waals surface area contributed by atoms with Gasteiger partial charge in [0.1, 0.15) is 5.82 Å². The highest BCUT2D eigenvalue weighted by Crippen LogP contribution is 2.23. The first kappa shape index (κ1) is 19.1. The third-order valence-electron chi connectivity index (χ3n) is 5.29. The van der Waals surface area contributed by atoms with Crippen LogP contribution in [0.2, 0.25) is 0 Å². The van der Waals surface area contributed by atoms with Gasteiger partial charge in [0.2, 0.25) is 5.91 Å². The topological polar surface area (TPSA) is 84.2 Å². The van der Waals surface area contributed by atoms with Crippen LogP contribution in [0.3, 0.4) is 0 Å². The van der Waals surface area contributed by atoms with Crippen LogP contribution in [-0.2, 0) is 24.2 Å². The summed E-state index contributed by atoms with van der Waals surface area (Å²) in [7, 11) is 0. The van der Waals surface area contributed by atoms with Crippen LogP contribution in [-0.4, -0.2) is 34.1 Å². The fourth-order valence-corrected chi connectivity index (χ4v) is 3.39. The predicted molar refractivity (Wildman–Crippen MR) is 109 cm³/mol. The Labute approximate surface area is 170 Å². The number of aryl methyl sites for hydroxylation is 2. The summed E-state index contributed by atoms with van der Waals surface area (Å²) in [5, 5.41) is 6.86. The maximum absolute atomic E-state index is 12.4. The van der Waals surface area contributed by atoms with E-state index in [4.69, 9.17) is 9.51 Å². The van der Waals surface area contributed by atoms with Gasteiger partial charge in [0.15, 0.2) is 5.76 Å². The van der Waals surface area contributed by atoms with Crippen molar-refractivity contribution in [2.45, 2.75) is 33.2 Å². The molecule has 1 aliphatic rings. The Morgan fingerprint density at radius 2 is 2.07 bits per heavy atom. The van der Waals surface area contributed by atoms with Crippen molar-refractivity contribution in [2.24, 2.45) is 5.92 Å². The largest absolute Gasteiger partial charge is 0.359 e. The molecule has 4 rings (SSSR count). The summed E-state index contributed by atoms with van der Waals surface area (Å²) in [6.07, 6.45) is 5.14. The molecule has 1 amide bonds. The quantitative estimate of drug-likeness (QED) is 0.667. The average molecular weight is 391 g/mol. The van der Waals surface area contributed by atoms with E-state index in [0.717, 1.165) is 30.0 Å². The first-order chi connectivity index (χ1) is 14.1. The van der Waals surface area contributed by atoms with E-state index in [9.17, 15) is 4.79 Å². The van der Waals surface area contributed by atoms with Gasteiger partial charge in [-0.25, -0.2) is 4.98 Å². The molecule has 1 N–H and O–H groups in total. The number of nitrogens with one attached hydrogen (secondary N) is 1. The number of nitrogens with zero attached hydrogens (tertiary/aromatic N) is 4. The van der Waals surface area contributed by atoms with Crippen molar-refractivity contribution in [3.8, 4) is 0 Å². The predicted octanol–water partition coefficient (Wildman–Crippen LogP) is 2.68. The van der Waals surface area contributed by atoms with Crippen LogP contribution < -0.4 is 10.2 Å². The summed E-state index contributed by atoms with van der Waals surface area (Å²) in [5.41, 5.74) is 4.33. The number of carbonyl (C=O) groups excluding carboxylic acids is 1. The second-order valence-corrected chi connectivity index (χ2v) is 7.43. The van der Waals surface area contributed by atoms with Gasteiger partial charge in [-0.05, 0) is 24.5 Å². The summed E-state index contributed by atoms with van der Waals surface area (Å²) in [6, 6.07) is 10.2. The molecule has 1 aliphatic heterocycles. The van der Waals surface area contributed by atoms with Crippen LogP contribution in [0.4, 0.5) is 5.82 Å². The molecule has 7 heteroatoms. The fourth-order valence-electron chi connectivity index (χ4n) is 3.39. The van der Waals surface area contributed by atoms with E-state index in [-0.39, 0.29) is 11.8 Å². The average Bonchev–Trinajstić information content (AvgIpc) is 3.16. The zero-order chi connectivity index (χ0) is 20.2. The first-order valence-electron chi connectivity index (χ1n) is 9.95. The molecule has 1 fully saturated rings. The molecule has 1 saturated heterocycles. The van der Waals surface area contributed by atoms with E-state index >= 15 is 0 Å². The van der Waals surface area contributed by atoms with Gasteiger partial charge in [0.25, 0.3) is 0 Å². The van der Waals surface area contributed by atoms with Gasteiger partial charge in [-0.1, -0.05) is 36.3 Å². The third kappa shape index (κ3) is 4.45. The van der Waals surface area contributed by atoms with E-state index in [0.29, 0.717) is 25.4 Å². The molecule has 2 aromatic heterocycles. The number of anilines is 1. The Balaban J connectivity index is 1.30. The highest BCUT2D eigenvalue weighted by Gasteiger charge is 2.33. The van der Waals surface area contributed by atoms with Gasteiger partial charge in [-0.2, -0.15) is 0 Å². The molecular weight excluding hydrogens is 366 g/mol. The minimum Gasteiger partial charge on any atom is -0.359 e. The molecule has 7 nitrogen and oxygen atoms in total. The first-order valence-corrected chi connectivity index (χ1v) is 9.95. The highest BCUT2D eigenvalue weighted by molar-refractivity contribution is 5.81. The fraction of sp³-hybridized carbons (Fsp3) is 0.364. The Morgan fingerprint density at radius 1 is 1.24 bits per heavy atom. The molecule has 0 atom stereocenters. The van der Waals surface area contributed by atoms with Crippen LogP contribution >= 0.6 is 0 Å². The van der Waals surface area contributed by atoms with Crippen LogP contribution in [0.15, 0.2) is 47.2 Å². The van der Waals surface area contributed by atoms with E-state index in [1.807, 2.05) is 31.3 Å². The number of hydrogen-bond donors (Lipinski definition) is 1. The number of carbonyl (C=O) groups is 1. The van der Waals surface area contributed by atoms with Crippen molar-refractivity contribution in [3.63, 3.8) is 0 Å². The second-order valence-electron chi connectivity index (χ2n) is 7.43. The summed E-state index contributed by atoms with van der Waals surface area (Å²) in [5.74, 6) is 1.48. The molecule has 0 unspecified atom stereocenters. The summed E-state index contributed by atoms with van der Waals surface area (Å²) < 4.78 is 5.20. The maximum atomic E-state index is 12.4. The summed E-state index contributed by atoms with van der Waals surface area (Å²) in [6.45, 7) is 5.78. The summed E-state index contributed by atoms with van der Waals surface area (Å²) >= 11 is 0. The molecule has 1 aromatic carbocycles. The van der Waals surface area contributed by atoms with E-state index in [1.54, 1.807) is 6.20 Å². The Kier molecular flexibility index (Phi) is 5.55. The smallest absolute Gasteiger partial charge is 0.227 e. The van der Waals surface area contributed by atoms with E-state index < -0.39 is 0 Å². The third-order valence-corrected chi connectivity index (χ3v) is 5.29. The van der Waals surface area contributed by atoms with Crippen molar-refractivity contribution >= 4 is 11.7 Å². The highest BCUT2D eigenvalue weighted by atomic mass is 16.5. The molecule has 0 bridgehead atoms. The monoisotopic (exact) mass is 391 g/mol. The maximum Gasteiger partial charge on any atom is 0.227 e. The van der Waals surface area contributed by atoms with Gasteiger partial charge < -0.3 is 14.7 Å². The normalized spacial score (nSPS) is 13.9. The van der Waals surface area contributed by atoms with Crippen molar-refractivity contribution in [1.29, 1.82) is 0 Å². The van der Waals surface area contributed by atoms with Crippen molar-refractivity contribution < 1.29 is 9.32 Å². The zero-order valence-electron chi connectivity index (χ0n) is 16.8. The van der Waals surface area contributed by atoms with Crippen molar-refractivity contribution in [2.75, 3.05) is 18.0 Å². The number of rotatable bonds is 7. The van der Waals surface area contributed by atoms with E-state index in [1.165, 1.54) is 11.1 Å². The lowest BCUT2D eigenvalue weighted by atomic mass is 9.99.